The lowest BCUT2D eigenvalue weighted by Crippen LogP contribution is -2.48. The molecule has 1 atom stereocenters. The van der Waals surface area contributed by atoms with Gasteiger partial charge in [0, 0.05) is 44.7 Å². The second-order valence-corrected chi connectivity index (χ2v) is 9.80. The van der Waals surface area contributed by atoms with Gasteiger partial charge in [-0.15, -0.1) is 0 Å². The molecule has 0 N–H and O–H groups in total. The lowest BCUT2D eigenvalue weighted by atomic mass is 9.71. The Kier molecular flexibility index (Phi) is 5.52. The quantitative estimate of drug-likeness (QED) is 0.785. The molecule has 2 aromatic rings. The summed E-state index contributed by atoms with van der Waals surface area (Å²) in [6, 6.07) is 8.66. The van der Waals surface area contributed by atoms with Crippen LogP contribution in [0.5, 0.6) is 0 Å². The highest BCUT2D eigenvalue weighted by atomic mass is 16.5. The highest BCUT2D eigenvalue weighted by molar-refractivity contribution is 5.94. The maximum atomic E-state index is 13.2. The van der Waals surface area contributed by atoms with E-state index in [9.17, 15) is 4.79 Å². The zero-order valence-electron chi connectivity index (χ0n) is 18.2. The zero-order valence-corrected chi connectivity index (χ0v) is 18.2. The van der Waals surface area contributed by atoms with Crippen molar-refractivity contribution in [3.63, 3.8) is 0 Å². The number of piperazine rings is 1. The lowest BCUT2D eigenvalue weighted by molar-refractivity contribution is 0.0617. The van der Waals surface area contributed by atoms with Crippen molar-refractivity contribution >= 4 is 5.91 Å². The lowest BCUT2D eigenvalue weighted by Gasteiger charge is -2.35. The Morgan fingerprint density at radius 3 is 2.66 bits per heavy atom. The van der Waals surface area contributed by atoms with Crippen molar-refractivity contribution in [1.82, 2.24) is 15.0 Å². The van der Waals surface area contributed by atoms with E-state index in [1.807, 2.05) is 4.90 Å². The van der Waals surface area contributed by atoms with Crippen molar-refractivity contribution in [1.29, 1.82) is 0 Å². The van der Waals surface area contributed by atoms with E-state index in [0.29, 0.717) is 11.6 Å². The molecule has 1 aromatic heterocycles. The van der Waals surface area contributed by atoms with Gasteiger partial charge < -0.3 is 9.42 Å². The van der Waals surface area contributed by atoms with E-state index in [2.05, 4.69) is 62.0 Å². The third-order valence-corrected chi connectivity index (χ3v) is 6.62. The molecule has 1 fully saturated rings. The fourth-order valence-electron chi connectivity index (χ4n) is 4.64. The summed E-state index contributed by atoms with van der Waals surface area (Å²) >= 11 is 0. The molecular formula is C24H33N3O2. The van der Waals surface area contributed by atoms with Crippen LogP contribution in [0.4, 0.5) is 0 Å². The second-order valence-electron chi connectivity index (χ2n) is 9.80. The minimum Gasteiger partial charge on any atom is -0.360 e. The molecule has 156 valence electrons. The van der Waals surface area contributed by atoms with Gasteiger partial charge in [-0.1, -0.05) is 55.8 Å². The molecule has 0 bridgehead atoms. The maximum Gasteiger partial charge on any atom is 0.276 e. The predicted octanol–water partition coefficient (Wildman–Crippen LogP) is 4.09. The summed E-state index contributed by atoms with van der Waals surface area (Å²) in [4.78, 5) is 17.6. The molecule has 4 rings (SSSR count). The molecule has 0 spiro atoms. The fraction of sp³-hybridized carbons (Fsp3) is 0.583. The van der Waals surface area contributed by atoms with Gasteiger partial charge in [0.2, 0.25) is 0 Å². The van der Waals surface area contributed by atoms with Crippen molar-refractivity contribution in [2.24, 2.45) is 11.3 Å². The molecule has 5 nitrogen and oxygen atoms in total. The van der Waals surface area contributed by atoms with Gasteiger partial charge in [-0.25, -0.2) is 0 Å². The standard InChI is InChI=1S/C24H33N3O2/c1-17-6-5-7-18(14-17)16-26-10-12-27(13-11-26)23(28)22-20-15-19(24(2,3)4)8-9-21(20)29-25-22/h5-7,14,19H,8-13,15-16H2,1-4H3. The highest BCUT2D eigenvalue weighted by Crippen LogP contribution is 2.38. The molecular weight excluding hydrogens is 362 g/mol. The van der Waals surface area contributed by atoms with E-state index in [0.717, 1.165) is 63.3 Å². The molecule has 1 aliphatic heterocycles. The number of carbonyl (C=O) groups is 1. The summed E-state index contributed by atoms with van der Waals surface area (Å²) in [6.45, 7) is 13.2. The van der Waals surface area contributed by atoms with Gasteiger partial charge in [0.1, 0.15) is 5.76 Å². The van der Waals surface area contributed by atoms with E-state index >= 15 is 0 Å². The van der Waals surface area contributed by atoms with Gasteiger partial charge in [0.15, 0.2) is 5.69 Å². The van der Waals surface area contributed by atoms with Crippen LogP contribution in [0.1, 0.15) is 60.1 Å². The minimum atomic E-state index is 0.0414. The molecule has 2 heterocycles. The molecule has 1 aromatic carbocycles. The van der Waals surface area contributed by atoms with Crippen molar-refractivity contribution in [3.8, 4) is 0 Å². The number of hydrogen-bond donors (Lipinski definition) is 0. The fourth-order valence-corrected chi connectivity index (χ4v) is 4.64. The Bertz CT molecular complexity index is 872. The third kappa shape index (κ3) is 4.40. The summed E-state index contributed by atoms with van der Waals surface area (Å²) in [6.07, 6.45) is 2.90. The summed E-state index contributed by atoms with van der Waals surface area (Å²) in [5.74, 6) is 1.53. The van der Waals surface area contributed by atoms with Gasteiger partial charge in [-0.2, -0.15) is 0 Å². The van der Waals surface area contributed by atoms with Gasteiger partial charge in [-0.05, 0) is 36.7 Å². The van der Waals surface area contributed by atoms with Gasteiger partial charge in [0.25, 0.3) is 5.91 Å². The van der Waals surface area contributed by atoms with E-state index in [1.54, 1.807) is 0 Å². The van der Waals surface area contributed by atoms with E-state index < -0.39 is 0 Å². The second kappa shape index (κ2) is 7.94. The number of hydrogen-bond acceptors (Lipinski definition) is 4. The first-order valence-corrected chi connectivity index (χ1v) is 10.9. The van der Waals surface area contributed by atoms with E-state index in [4.69, 9.17) is 4.52 Å². The van der Waals surface area contributed by atoms with Crippen LogP contribution in [0, 0.1) is 18.3 Å². The van der Waals surface area contributed by atoms with Crippen LogP contribution in [0.3, 0.4) is 0 Å². The Morgan fingerprint density at radius 2 is 1.97 bits per heavy atom. The zero-order chi connectivity index (χ0) is 20.6. The average molecular weight is 396 g/mol. The van der Waals surface area contributed by atoms with Gasteiger partial charge >= 0.3 is 0 Å². The van der Waals surface area contributed by atoms with Crippen molar-refractivity contribution in [2.75, 3.05) is 26.2 Å². The number of fused-ring (bicyclic) bond motifs is 1. The van der Waals surface area contributed by atoms with Crippen LogP contribution in [0.25, 0.3) is 0 Å². The summed E-state index contributed by atoms with van der Waals surface area (Å²) in [5, 5.41) is 4.21. The van der Waals surface area contributed by atoms with Crippen LogP contribution in [0.15, 0.2) is 28.8 Å². The Hall–Kier alpha value is -2.14. The Morgan fingerprint density at radius 1 is 1.21 bits per heavy atom. The normalized spacial score (nSPS) is 20.6. The Labute approximate surface area is 174 Å². The number of amides is 1. The van der Waals surface area contributed by atoms with Crippen molar-refractivity contribution < 1.29 is 9.32 Å². The first-order valence-electron chi connectivity index (χ1n) is 10.9. The number of carbonyl (C=O) groups excluding carboxylic acids is 1. The number of aromatic nitrogens is 1. The van der Waals surface area contributed by atoms with Crippen LogP contribution >= 0.6 is 0 Å². The summed E-state index contributed by atoms with van der Waals surface area (Å²) < 4.78 is 5.56. The first kappa shape index (κ1) is 20.1. The number of rotatable bonds is 3. The van der Waals surface area contributed by atoms with Crippen LogP contribution < -0.4 is 0 Å². The number of aryl methyl sites for hydroxylation is 2. The summed E-state index contributed by atoms with van der Waals surface area (Å²) in [5.41, 5.74) is 4.48. The smallest absolute Gasteiger partial charge is 0.276 e. The topological polar surface area (TPSA) is 49.6 Å². The SMILES string of the molecule is Cc1cccc(CN2CCN(C(=O)c3noc4c3CC(C(C)(C)C)CC4)CC2)c1. The monoisotopic (exact) mass is 395 g/mol. The predicted molar refractivity (Wildman–Crippen MR) is 114 cm³/mol. The van der Waals surface area contributed by atoms with Crippen LogP contribution in [-0.4, -0.2) is 47.0 Å². The third-order valence-electron chi connectivity index (χ3n) is 6.62. The number of benzene rings is 1. The first-order chi connectivity index (χ1) is 13.8. The Balaban J connectivity index is 1.39. The molecule has 2 aliphatic rings. The molecule has 29 heavy (non-hydrogen) atoms. The molecule has 0 saturated carbocycles. The van der Waals surface area contributed by atoms with Crippen LogP contribution in [0.2, 0.25) is 0 Å². The average Bonchev–Trinajstić information content (AvgIpc) is 3.11. The molecule has 1 unspecified atom stereocenters. The largest absolute Gasteiger partial charge is 0.360 e. The van der Waals surface area contributed by atoms with Crippen molar-refractivity contribution in [2.45, 2.75) is 53.5 Å². The van der Waals surface area contributed by atoms with Gasteiger partial charge in [0.05, 0.1) is 0 Å². The van der Waals surface area contributed by atoms with E-state index in [-0.39, 0.29) is 11.3 Å². The molecule has 1 amide bonds. The molecule has 1 saturated heterocycles. The van der Waals surface area contributed by atoms with Gasteiger partial charge in [-0.3, -0.25) is 9.69 Å². The molecule has 0 radical (unpaired) electrons. The molecule has 1 aliphatic carbocycles. The minimum absolute atomic E-state index is 0.0414. The maximum absolute atomic E-state index is 13.2. The highest BCUT2D eigenvalue weighted by Gasteiger charge is 2.35. The van der Waals surface area contributed by atoms with E-state index in [1.165, 1.54) is 11.1 Å². The van der Waals surface area contributed by atoms with Crippen molar-refractivity contribution in [3.05, 3.63) is 52.4 Å². The molecule has 5 heteroatoms. The number of nitrogens with zero attached hydrogens (tertiary/aromatic N) is 3. The van der Waals surface area contributed by atoms with Crippen LogP contribution in [-0.2, 0) is 19.4 Å². The summed E-state index contributed by atoms with van der Waals surface area (Å²) in [7, 11) is 0.